The summed E-state index contributed by atoms with van der Waals surface area (Å²) in [6.07, 6.45) is 9.54. The molecule has 1 saturated carbocycles. The number of anilines is 1. The highest BCUT2D eigenvalue weighted by molar-refractivity contribution is 5.55. The summed E-state index contributed by atoms with van der Waals surface area (Å²) in [6, 6.07) is 6.10. The van der Waals surface area contributed by atoms with Crippen LogP contribution in [0.2, 0.25) is 0 Å². The van der Waals surface area contributed by atoms with Gasteiger partial charge in [0.15, 0.2) is 0 Å². The van der Waals surface area contributed by atoms with Gasteiger partial charge in [-0.25, -0.2) is 4.98 Å². The molecule has 0 amide bonds. The first-order valence-corrected chi connectivity index (χ1v) is 10.3. The first kappa shape index (κ1) is 18.8. The van der Waals surface area contributed by atoms with Gasteiger partial charge in [0.1, 0.15) is 17.3 Å². The number of aryl methyl sites for hydroxylation is 1. The van der Waals surface area contributed by atoms with Crippen LogP contribution in [0.25, 0.3) is 0 Å². The number of fused-ring (bicyclic) bond motifs is 1. The molecule has 7 nitrogen and oxygen atoms in total. The fourth-order valence-corrected chi connectivity index (χ4v) is 4.06. The van der Waals surface area contributed by atoms with Gasteiger partial charge in [0.05, 0.1) is 26.1 Å². The number of pyridine rings is 2. The number of hydrogen-bond donors (Lipinski definition) is 0. The summed E-state index contributed by atoms with van der Waals surface area (Å²) in [5.74, 6) is 3.08. The summed E-state index contributed by atoms with van der Waals surface area (Å²) in [4.78, 5) is 20.1. The van der Waals surface area contributed by atoms with Crippen LogP contribution < -0.4 is 14.4 Å². The summed E-state index contributed by atoms with van der Waals surface area (Å²) in [7, 11) is 1.66. The minimum absolute atomic E-state index is 0.441. The smallest absolute Gasteiger partial charge is 0.240 e. The largest absolute Gasteiger partial charge is 0.495 e. The maximum atomic E-state index is 6.22. The fraction of sp³-hybridized carbons (Fsp3) is 0.391. The van der Waals surface area contributed by atoms with Crippen molar-refractivity contribution in [1.82, 2.24) is 19.9 Å². The van der Waals surface area contributed by atoms with E-state index in [1.165, 1.54) is 11.1 Å². The minimum Gasteiger partial charge on any atom is -0.495 e. The molecular formula is C23H25N5O2. The molecule has 1 aliphatic carbocycles. The Kier molecular flexibility index (Phi) is 4.94. The van der Waals surface area contributed by atoms with E-state index in [9.17, 15) is 0 Å². The summed E-state index contributed by atoms with van der Waals surface area (Å²) >= 11 is 0. The van der Waals surface area contributed by atoms with E-state index in [1.54, 1.807) is 13.3 Å². The number of hydrogen-bond acceptors (Lipinski definition) is 7. The SMILES string of the molecule is COc1ccc(C2CC2COc2nc(C)ncc2N2CCc3cnccc3C2)nc1. The second-order valence-corrected chi connectivity index (χ2v) is 7.96. The van der Waals surface area contributed by atoms with E-state index in [4.69, 9.17) is 9.47 Å². The summed E-state index contributed by atoms with van der Waals surface area (Å²) in [6.45, 7) is 4.26. The molecule has 2 atom stereocenters. The van der Waals surface area contributed by atoms with Gasteiger partial charge in [-0.3, -0.25) is 9.97 Å². The lowest BCUT2D eigenvalue weighted by molar-refractivity contribution is 0.284. The number of methoxy groups -OCH3 is 1. The highest BCUT2D eigenvalue weighted by Crippen LogP contribution is 2.47. The van der Waals surface area contributed by atoms with Gasteiger partial charge in [-0.15, -0.1) is 0 Å². The number of nitrogens with zero attached hydrogens (tertiary/aromatic N) is 5. The molecule has 7 heteroatoms. The molecule has 154 valence electrons. The predicted octanol–water partition coefficient (Wildman–Crippen LogP) is 3.33. The molecule has 1 aliphatic heterocycles. The molecule has 3 aromatic rings. The van der Waals surface area contributed by atoms with Gasteiger partial charge in [0, 0.05) is 43.0 Å². The van der Waals surface area contributed by atoms with E-state index in [1.807, 2.05) is 37.6 Å². The molecule has 1 fully saturated rings. The molecule has 0 aromatic carbocycles. The Labute approximate surface area is 176 Å². The number of ether oxygens (including phenoxy) is 2. The van der Waals surface area contributed by atoms with Gasteiger partial charge in [0.25, 0.3) is 0 Å². The van der Waals surface area contributed by atoms with Crippen LogP contribution in [0.5, 0.6) is 11.6 Å². The standard InChI is InChI=1S/C23H25N5O2/c1-15-25-12-22(28-8-6-16-10-24-7-5-17(16)13-28)23(27-15)30-14-18-9-20(18)21-4-3-19(29-2)11-26-21/h3-5,7,10-12,18,20H,6,8-9,13-14H2,1-2H3. The van der Waals surface area contributed by atoms with Crippen molar-refractivity contribution < 1.29 is 9.47 Å². The van der Waals surface area contributed by atoms with Crippen LogP contribution >= 0.6 is 0 Å². The average Bonchev–Trinajstić information content (AvgIpc) is 3.57. The maximum Gasteiger partial charge on any atom is 0.240 e. The second-order valence-electron chi connectivity index (χ2n) is 7.96. The van der Waals surface area contributed by atoms with Gasteiger partial charge in [-0.2, -0.15) is 4.98 Å². The molecule has 3 aromatic heterocycles. The zero-order valence-corrected chi connectivity index (χ0v) is 17.3. The average molecular weight is 403 g/mol. The molecule has 0 spiro atoms. The van der Waals surface area contributed by atoms with Crippen molar-refractivity contribution in [3.8, 4) is 11.6 Å². The Balaban J connectivity index is 1.27. The van der Waals surface area contributed by atoms with E-state index in [0.29, 0.717) is 24.3 Å². The van der Waals surface area contributed by atoms with Gasteiger partial charge >= 0.3 is 0 Å². The molecular weight excluding hydrogens is 378 g/mol. The third-order valence-electron chi connectivity index (χ3n) is 5.95. The summed E-state index contributed by atoms with van der Waals surface area (Å²) in [5, 5.41) is 0. The second kappa shape index (κ2) is 7.89. The van der Waals surface area contributed by atoms with Crippen LogP contribution in [-0.2, 0) is 13.0 Å². The van der Waals surface area contributed by atoms with Crippen LogP contribution in [0.4, 0.5) is 5.69 Å². The fourth-order valence-electron chi connectivity index (χ4n) is 4.06. The van der Waals surface area contributed by atoms with E-state index < -0.39 is 0 Å². The van der Waals surface area contributed by atoms with Crippen LogP contribution in [-0.4, -0.2) is 40.2 Å². The Hall–Kier alpha value is -3.22. The van der Waals surface area contributed by atoms with E-state index in [2.05, 4.69) is 30.9 Å². The van der Waals surface area contributed by atoms with Crippen molar-refractivity contribution in [2.75, 3.05) is 25.2 Å². The summed E-state index contributed by atoms with van der Waals surface area (Å²) in [5.41, 5.74) is 4.68. The quantitative estimate of drug-likeness (QED) is 0.625. The first-order chi connectivity index (χ1) is 14.7. The van der Waals surface area contributed by atoms with Crippen LogP contribution in [0, 0.1) is 12.8 Å². The van der Waals surface area contributed by atoms with Crippen LogP contribution in [0.15, 0.2) is 43.0 Å². The molecule has 0 radical (unpaired) electrons. The lowest BCUT2D eigenvalue weighted by atomic mass is 10.0. The van der Waals surface area contributed by atoms with Crippen molar-refractivity contribution >= 4 is 5.69 Å². The van der Waals surface area contributed by atoms with Gasteiger partial charge in [-0.05, 0) is 49.1 Å². The Bertz CT molecular complexity index is 1040. The molecule has 30 heavy (non-hydrogen) atoms. The molecule has 0 saturated heterocycles. The lowest BCUT2D eigenvalue weighted by Gasteiger charge is -2.31. The number of rotatable bonds is 6. The van der Waals surface area contributed by atoms with Gasteiger partial charge in [-0.1, -0.05) is 0 Å². The molecule has 0 N–H and O–H groups in total. The number of aromatic nitrogens is 4. The first-order valence-electron chi connectivity index (χ1n) is 10.3. The van der Waals surface area contributed by atoms with E-state index in [-0.39, 0.29) is 0 Å². The molecule has 2 aliphatic rings. The topological polar surface area (TPSA) is 73.3 Å². The van der Waals surface area contributed by atoms with Crippen molar-refractivity contribution in [1.29, 1.82) is 0 Å². The maximum absolute atomic E-state index is 6.22. The Morgan fingerprint density at radius 2 is 2.03 bits per heavy atom. The third-order valence-corrected chi connectivity index (χ3v) is 5.95. The van der Waals surface area contributed by atoms with Crippen LogP contribution in [0.3, 0.4) is 0 Å². The van der Waals surface area contributed by atoms with Gasteiger partial charge in [0.2, 0.25) is 5.88 Å². The lowest BCUT2D eigenvalue weighted by Crippen LogP contribution is -2.31. The van der Waals surface area contributed by atoms with Crippen molar-refractivity contribution in [3.63, 3.8) is 0 Å². The molecule has 0 bridgehead atoms. The highest BCUT2D eigenvalue weighted by Gasteiger charge is 2.40. The Morgan fingerprint density at radius 1 is 1.10 bits per heavy atom. The summed E-state index contributed by atoms with van der Waals surface area (Å²) < 4.78 is 11.4. The van der Waals surface area contributed by atoms with Crippen molar-refractivity contribution in [3.05, 3.63) is 65.6 Å². The molecule has 4 heterocycles. The zero-order valence-electron chi connectivity index (χ0n) is 17.3. The zero-order chi connectivity index (χ0) is 20.5. The van der Waals surface area contributed by atoms with E-state index >= 15 is 0 Å². The minimum atomic E-state index is 0.441. The molecule has 2 unspecified atom stereocenters. The molecule has 5 rings (SSSR count). The van der Waals surface area contributed by atoms with Crippen molar-refractivity contribution in [2.45, 2.75) is 32.2 Å². The van der Waals surface area contributed by atoms with Crippen molar-refractivity contribution in [2.24, 2.45) is 5.92 Å². The van der Waals surface area contributed by atoms with Gasteiger partial charge < -0.3 is 14.4 Å². The third kappa shape index (κ3) is 3.79. The monoisotopic (exact) mass is 403 g/mol. The van der Waals surface area contributed by atoms with Crippen LogP contribution in [0.1, 0.15) is 35.0 Å². The normalized spacial score (nSPS) is 19.9. The van der Waals surface area contributed by atoms with E-state index in [0.717, 1.165) is 48.9 Å². The predicted molar refractivity (Wildman–Crippen MR) is 113 cm³/mol. The highest BCUT2D eigenvalue weighted by atomic mass is 16.5. The Morgan fingerprint density at radius 3 is 2.87 bits per heavy atom.